The third-order valence-electron chi connectivity index (χ3n) is 2.88. The van der Waals surface area contributed by atoms with E-state index < -0.39 is 35.6 Å². The van der Waals surface area contributed by atoms with Crippen LogP contribution in [-0.2, 0) is 19.1 Å². The van der Waals surface area contributed by atoms with Gasteiger partial charge in [0.1, 0.15) is 17.7 Å². The second-order valence-corrected chi connectivity index (χ2v) is 6.44. The molecule has 0 aliphatic carbocycles. The molecule has 144 valence electrons. The van der Waals surface area contributed by atoms with E-state index in [0.717, 1.165) is 0 Å². The van der Waals surface area contributed by atoms with Gasteiger partial charge in [0, 0.05) is 13.0 Å². The maximum absolute atomic E-state index is 12.1. The van der Waals surface area contributed by atoms with Crippen LogP contribution < -0.4 is 21.7 Å². The van der Waals surface area contributed by atoms with Crippen LogP contribution >= 0.6 is 0 Å². The average molecular weight is 360 g/mol. The second kappa shape index (κ2) is 10.5. The molecule has 25 heavy (non-hydrogen) atoms. The lowest BCUT2D eigenvalue weighted by molar-refractivity contribution is -0.129. The van der Waals surface area contributed by atoms with Crippen LogP contribution in [0, 0.1) is 0 Å². The minimum atomic E-state index is -1.06. The molecular weight excluding hydrogens is 332 g/mol. The lowest BCUT2D eigenvalue weighted by Gasteiger charge is -2.22. The Bertz CT molecular complexity index is 489. The van der Waals surface area contributed by atoms with Gasteiger partial charge in [-0.15, -0.1) is 0 Å². The van der Waals surface area contributed by atoms with Crippen molar-refractivity contribution in [1.82, 2.24) is 16.0 Å². The molecule has 4 amide bonds. The van der Waals surface area contributed by atoms with E-state index in [0.29, 0.717) is 0 Å². The van der Waals surface area contributed by atoms with Crippen molar-refractivity contribution < 1.29 is 29.0 Å². The normalized spacial score (nSPS) is 13.3. The first-order valence-electron chi connectivity index (χ1n) is 7.93. The summed E-state index contributed by atoms with van der Waals surface area (Å²) in [6, 6.07) is -2.02. The molecule has 6 N–H and O–H groups in total. The third kappa shape index (κ3) is 10.9. The first kappa shape index (κ1) is 22.6. The van der Waals surface area contributed by atoms with E-state index in [-0.39, 0.29) is 31.9 Å². The van der Waals surface area contributed by atoms with Gasteiger partial charge in [-0.05, 0) is 34.1 Å². The Kier molecular flexibility index (Phi) is 9.50. The predicted octanol–water partition coefficient (Wildman–Crippen LogP) is -1.24. The fraction of sp³-hybridized carbons (Fsp3) is 0.733. The SMILES string of the molecule is C[C@H](NC(=O)OC(C)(C)C)C(=O)N[C@H](CCC(=O)NCCO)C(N)=O. The summed E-state index contributed by atoms with van der Waals surface area (Å²) >= 11 is 0. The molecule has 0 fully saturated rings. The number of aliphatic hydroxyl groups excluding tert-OH is 1. The molecule has 0 saturated heterocycles. The summed E-state index contributed by atoms with van der Waals surface area (Å²) in [4.78, 5) is 46.6. The summed E-state index contributed by atoms with van der Waals surface area (Å²) in [7, 11) is 0. The average Bonchev–Trinajstić information content (AvgIpc) is 2.46. The number of hydrogen-bond acceptors (Lipinski definition) is 6. The summed E-state index contributed by atoms with van der Waals surface area (Å²) in [6.45, 7) is 6.37. The molecule has 10 heteroatoms. The Morgan fingerprint density at radius 2 is 1.76 bits per heavy atom. The molecule has 0 bridgehead atoms. The van der Waals surface area contributed by atoms with Crippen LogP contribution in [0.2, 0.25) is 0 Å². The van der Waals surface area contributed by atoms with E-state index in [9.17, 15) is 19.2 Å². The molecular formula is C15H28N4O6. The molecule has 0 rings (SSSR count). The van der Waals surface area contributed by atoms with Gasteiger partial charge in [-0.1, -0.05) is 0 Å². The number of alkyl carbamates (subject to hydrolysis) is 1. The Morgan fingerprint density at radius 3 is 2.24 bits per heavy atom. The number of nitrogens with two attached hydrogens (primary N) is 1. The van der Waals surface area contributed by atoms with Crippen LogP contribution in [0.25, 0.3) is 0 Å². The number of hydrogen-bond donors (Lipinski definition) is 5. The summed E-state index contributed by atoms with van der Waals surface area (Å²) in [5, 5.41) is 15.8. The van der Waals surface area contributed by atoms with Gasteiger partial charge in [0.05, 0.1) is 6.61 Å². The van der Waals surface area contributed by atoms with E-state index >= 15 is 0 Å². The van der Waals surface area contributed by atoms with Crippen LogP contribution in [0.1, 0.15) is 40.5 Å². The van der Waals surface area contributed by atoms with Crippen molar-refractivity contribution in [2.75, 3.05) is 13.2 Å². The molecule has 0 unspecified atom stereocenters. The lowest BCUT2D eigenvalue weighted by Crippen LogP contribution is -2.52. The van der Waals surface area contributed by atoms with Crippen molar-refractivity contribution in [2.24, 2.45) is 5.73 Å². The number of rotatable bonds is 9. The molecule has 0 aliphatic rings. The van der Waals surface area contributed by atoms with Crippen LogP contribution in [-0.4, -0.2) is 59.8 Å². The van der Waals surface area contributed by atoms with Gasteiger partial charge in [0.25, 0.3) is 0 Å². The zero-order chi connectivity index (χ0) is 19.6. The zero-order valence-electron chi connectivity index (χ0n) is 15.0. The maximum Gasteiger partial charge on any atom is 0.408 e. The van der Waals surface area contributed by atoms with Crippen molar-refractivity contribution in [3.8, 4) is 0 Å². The summed E-state index contributed by atoms with van der Waals surface area (Å²) in [5.41, 5.74) is 4.51. The standard InChI is InChI=1S/C15H28N4O6/c1-9(18-14(24)25-15(2,3)4)13(23)19-10(12(16)22)5-6-11(21)17-7-8-20/h9-10,20H,5-8H2,1-4H3,(H2,16,22)(H,17,21)(H,18,24)(H,19,23)/t9-,10+/m0/s1. The van der Waals surface area contributed by atoms with Gasteiger partial charge in [-0.3, -0.25) is 14.4 Å². The molecule has 0 radical (unpaired) electrons. The van der Waals surface area contributed by atoms with Crippen LogP contribution in [0.5, 0.6) is 0 Å². The van der Waals surface area contributed by atoms with E-state index in [1.54, 1.807) is 20.8 Å². The molecule has 10 nitrogen and oxygen atoms in total. The van der Waals surface area contributed by atoms with Crippen molar-refractivity contribution in [1.29, 1.82) is 0 Å². The van der Waals surface area contributed by atoms with Crippen LogP contribution in [0.15, 0.2) is 0 Å². The van der Waals surface area contributed by atoms with E-state index in [1.165, 1.54) is 6.92 Å². The van der Waals surface area contributed by atoms with Crippen molar-refractivity contribution in [3.63, 3.8) is 0 Å². The first-order valence-corrected chi connectivity index (χ1v) is 7.93. The highest BCUT2D eigenvalue weighted by Crippen LogP contribution is 2.06. The fourth-order valence-corrected chi connectivity index (χ4v) is 1.69. The van der Waals surface area contributed by atoms with Gasteiger partial charge < -0.3 is 31.5 Å². The van der Waals surface area contributed by atoms with Crippen LogP contribution in [0.4, 0.5) is 4.79 Å². The molecule has 0 aromatic rings. The predicted molar refractivity (Wildman–Crippen MR) is 89.3 cm³/mol. The monoisotopic (exact) mass is 360 g/mol. The van der Waals surface area contributed by atoms with Crippen molar-refractivity contribution in [2.45, 2.75) is 58.2 Å². The Labute approximate surface area is 146 Å². The highest BCUT2D eigenvalue weighted by atomic mass is 16.6. The topological polar surface area (TPSA) is 160 Å². The first-order chi connectivity index (χ1) is 11.5. The molecule has 0 aromatic heterocycles. The number of carbonyl (C=O) groups excluding carboxylic acids is 4. The quantitative estimate of drug-likeness (QED) is 0.346. The fourth-order valence-electron chi connectivity index (χ4n) is 1.69. The van der Waals surface area contributed by atoms with E-state index in [1.807, 2.05) is 0 Å². The highest BCUT2D eigenvalue weighted by molar-refractivity contribution is 5.90. The van der Waals surface area contributed by atoms with Gasteiger partial charge in [-0.2, -0.15) is 0 Å². The molecule has 2 atom stereocenters. The number of nitrogens with one attached hydrogen (secondary N) is 3. The van der Waals surface area contributed by atoms with Gasteiger partial charge in [0.15, 0.2) is 0 Å². The minimum absolute atomic E-state index is 0.00249. The number of carbonyl (C=O) groups is 4. The Morgan fingerprint density at radius 1 is 1.16 bits per heavy atom. The number of ether oxygens (including phenoxy) is 1. The van der Waals surface area contributed by atoms with Crippen molar-refractivity contribution >= 4 is 23.8 Å². The maximum atomic E-state index is 12.1. The highest BCUT2D eigenvalue weighted by Gasteiger charge is 2.25. The van der Waals surface area contributed by atoms with Gasteiger partial charge >= 0.3 is 6.09 Å². The molecule has 0 saturated carbocycles. The number of aliphatic hydroxyl groups is 1. The molecule has 0 heterocycles. The summed E-state index contributed by atoms with van der Waals surface area (Å²) in [5.74, 6) is -1.81. The number of primary amides is 1. The van der Waals surface area contributed by atoms with Crippen molar-refractivity contribution in [3.05, 3.63) is 0 Å². The molecule has 0 spiro atoms. The second-order valence-electron chi connectivity index (χ2n) is 6.44. The van der Waals surface area contributed by atoms with Gasteiger partial charge in [-0.25, -0.2) is 4.79 Å². The smallest absolute Gasteiger partial charge is 0.408 e. The van der Waals surface area contributed by atoms with E-state index in [4.69, 9.17) is 15.6 Å². The number of amides is 4. The molecule has 0 aliphatic heterocycles. The Hall–Kier alpha value is -2.36. The molecule has 0 aromatic carbocycles. The lowest BCUT2D eigenvalue weighted by atomic mass is 10.1. The summed E-state index contributed by atoms with van der Waals surface area (Å²) < 4.78 is 5.03. The summed E-state index contributed by atoms with van der Waals surface area (Å²) in [6.07, 6.45) is -0.826. The van der Waals surface area contributed by atoms with Crippen LogP contribution in [0.3, 0.4) is 0 Å². The van der Waals surface area contributed by atoms with Gasteiger partial charge in [0.2, 0.25) is 17.7 Å². The van der Waals surface area contributed by atoms with E-state index in [2.05, 4.69) is 16.0 Å². The zero-order valence-corrected chi connectivity index (χ0v) is 15.0. The Balaban J connectivity index is 4.50. The largest absolute Gasteiger partial charge is 0.444 e. The third-order valence-corrected chi connectivity index (χ3v) is 2.88. The minimum Gasteiger partial charge on any atom is -0.444 e.